The summed E-state index contributed by atoms with van der Waals surface area (Å²) in [6.07, 6.45) is 2.77. The molecule has 9 N–H and O–H groups in total. The van der Waals surface area contributed by atoms with Gasteiger partial charge in [0.05, 0.1) is 50.4 Å². The maximum atomic E-state index is 15.7. The van der Waals surface area contributed by atoms with E-state index in [1.165, 1.54) is 76.2 Å². The summed E-state index contributed by atoms with van der Waals surface area (Å²) in [7, 11) is 0. The average molecular weight is 1150 g/mol. The molecule has 7 heterocycles. The lowest BCUT2D eigenvalue weighted by Gasteiger charge is -2.36. The summed E-state index contributed by atoms with van der Waals surface area (Å²) in [4.78, 5) is 46.4. The van der Waals surface area contributed by atoms with Gasteiger partial charge in [-0.2, -0.15) is 0 Å². The number of amides is 3. The van der Waals surface area contributed by atoms with Crippen LogP contribution in [0.3, 0.4) is 0 Å². The minimum absolute atomic E-state index is 0. The number of fused-ring (bicyclic) bond motifs is 2. The third kappa shape index (κ3) is 15.7. The lowest BCUT2D eigenvalue weighted by atomic mass is 9.87. The van der Waals surface area contributed by atoms with Crippen molar-refractivity contribution in [3.63, 3.8) is 0 Å². The monoisotopic (exact) mass is 1140 g/mol. The first-order valence-electron chi connectivity index (χ1n) is 22.9. The number of urea groups is 1. The lowest BCUT2D eigenvalue weighted by molar-refractivity contribution is -0.0155. The number of aromatic nitrogens is 6. The highest BCUT2D eigenvalue weighted by atomic mass is 35.5. The van der Waals surface area contributed by atoms with Gasteiger partial charge in [-0.25, -0.2) is 42.1 Å². The third-order valence-electron chi connectivity index (χ3n) is 11.9. The molecule has 0 unspecified atom stereocenters. The SMILES string of the molecule is Cc1cc([C@H](O)[C@@H](O)CO)cnc1C1(F)CCN(C(=O)Nc2nc3ccc(F)cc3s2)CC1.Cc1cc([C@H](O)[C@@H](O)CO)cnc1C1(F)CCNCC1.Cl.ClCCl.O=C(Nc1nc2ccc(F)cc2s1)n1ccnc1. The highest BCUT2D eigenvalue weighted by molar-refractivity contribution is 7.22. The molecule has 7 aromatic rings. The number of aryl methyl sites for hydroxylation is 2. The summed E-state index contributed by atoms with van der Waals surface area (Å²) in [5.74, 6) is -0.700. The zero-order chi connectivity index (χ0) is 53.7. The molecule has 5 aromatic heterocycles. The first kappa shape index (κ1) is 60.6. The Morgan fingerprint density at radius 2 is 1.17 bits per heavy atom. The average Bonchev–Trinajstić information content (AvgIpc) is 4.17. The molecule has 2 fully saturated rings. The molecular formula is C48H55Cl3F4N10O8S2. The van der Waals surface area contributed by atoms with Crippen molar-refractivity contribution in [1.82, 2.24) is 39.7 Å². The van der Waals surface area contributed by atoms with Crippen LogP contribution in [-0.4, -0.2) is 134 Å². The van der Waals surface area contributed by atoms with Crippen molar-refractivity contribution < 1.29 is 57.8 Å². The molecule has 9 rings (SSSR count). The number of imidazole rings is 1. The van der Waals surface area contributed by atoms with Crippen LogP contribution in [0, 0.1) is 25.5 Å². The number of carbonyl (C=O) groups excluding carboxylic acids is 2. The van der Waals surface area contributed by atoms with E-state index in [0.29, 0.717) is 79.0 Å². The standard InChI is InChI=1S/C22H24F2N4O4S.C14H21FN2O3.C11H7FN4OS.CH2Cl2.ClH/c1-12-8-13(18(31)16(30)11-29)10-25-19(12)22(24)4-6-28(7-5-22)21(32)27-20-26-15-3-2-14(23)9-17(15)33-20;1-9-6-10(12(20)11(19)8-18)7-17-13(9)14(15)2-4-16-5-3-14;12-7-1-2-8-9(5-7)18-10(14-8)15-11(17)16-4-3-13-6-16;2-1-3;/h2-3,8-10,16,18,29-31H,4-7,11H2,1H3,(H,26,27,32);6-7,11-12,16,18-20H,2-5,8H2,1H3;1-6H,(H,14,15,17);1H2;1H/t16-,18-;11-,12-;;;/m00.../s1. The van der Waals surface area contributed by atoms with Gasteiger partial charge in [0.15, 0.2) is 21.6 Å². The molecule has 0 saturated carbocycles. The number of alkyl halides is 4. The Bertz CT molecular complexity index is 2970. The highest BCUT2D eigenvalue weighted by Crippen LogP contribution is 2.39. The predicted octanol–water partition coefficient (Wildman–Crippen LogP) is 7.90. The van der Waals surface area contributed by atoms with Crippen LogP contribution in [0.5, 0.6) is 0 Å². The molecule has 0 radical (unpaired) electrons. The van der Waals surface area contributed by atoms with E-state index >= 15 is 4.39 Å². The molecule has 75 heavy (non-hydrogen) atoms. The summed E-state index contributed by atoms with van der Waals surface area (Å²) >= 11 is 11.9. The molecule has 2 aliphatic rings. The number of carbonyl (C=O) groups is 2. The normalized spacial score (nSPS) is 16.3. The highest BCUT2D eigenvalue weighted by Gasteiger charge is 2.41. The second kappa shape index (κ2) is 27.7. The van der Waals surface area contributed by atoms with Crippen LogP contribution < -0.4 is 16.0 Å². The zero-order valence-corrected chi connectivity index (χ0v) is 44.2. The number of pyridine rings is 2. The fraction of sp³-hybridized carbons (Fsp3) is 0.396. The second-order valence-corrected chi connectivity index (χ2v) is 20.0. The number of benzene rings is 2. The summed E-state index contributed by atoms with van der Waals surface area (Å²) in [6.45, 7) is 3.82. The van der Waals surface area contributed by atoms with Gasteiger partial charge in [0, 0.05) is 61.8 Å². The van der Waals surface area contributed by atoms with Gasteiger partial charge in [0.25, 0.3) is 0 Å². The van der Waals surface area contributed by atoms with E-state index in [1.54, 1.807) is 38.1 Å². The fourth-order valence-corrected chi connectivity index (χ4v) is 9.83. The van der Waals surface area contributed by atoms with Gasteiger partial charge in [-0.3, -0.25) is 25.2 Å². The number of piperidine rings is 2. The smallest absolute Gasteiger partial charge is 0.333 e. The van der Waals surface area contributed by atoms with Crippen molar-refractivity contribution >= 4 is 101 Å². The number of anilines is 2. The van der Waals surface area contributed by atoms with Gasteiger partial charge in [-0.05, 0) is 99.4 Å². The van der Waals surface area contributed by atoms with Crippen LogP contribution in [0.2, 0.25) is 0 Å². The Hall–Kier alpha value is -5.22. The second-order valence-electron chi connectivity index (χ2n) is 17.1. The number of hydrogen-bond donors (Lipinski definition) is 9. The Balaban J connectivity index is 0.000000213. The van der Waals surface area contributed by atoms with E-state index in [2.05, 4.69) is 40.9 Å². The number of rotatable bonds is 10. The summed E-state index contributed by atoms with van der Waals surface area (Å²) in [5.41, 5.74) is 0.511. The van der Waals surface area contributed by atoms with Crippen LogP contribution in [0.4, 0.5) is 37.4 Å². The van der Waals surface area contributed by atoms with Crippen LogP contribution >= 0.6 is 58.3 Å². The number of halogens is 7. The van der Waals surface area contributed by atoms with Gasteiger partial charge >= 0.3 is 12.1 Å². The molecule has 0 aliphatic carbocycles. The maximum absolute atomic E-state index is 15.7. The first-order chi connectivity index (χ1) is 35.3. The van der Waals surface area contributed by atoms with Gasteiger partial charge in [0.1, 0.15) is 42.4 Å². The van der Waals surface area contributed by atoms with Crippen molar-refractivity contribution in [2.45, 2.75) is 75.3 Å². The minimum Gasteiger partial charge on any atom is -0.394 e. The van der Waals surface area contributed by atoms with Gasteiger partial charge in [0.2, 0.25) is 0 Å². The quantitative estimate of drug-likeness (QED) is 0.0466. The van der Waals surface area contributed by atoms with E-state index in [9.17, 15) is 43.2 Å². The van der Waals surface area contributed by atoms with Crippen LogP contribution in [0.25, 0.3) is 20.4 Å². The lowest BCUT2D eigenvalue weighted by Crippen LogP contribution is -2.45. The fourth-order valence-electron chi connectivity index (χ4n) is 8.07. The zero-order valence-electron chi connectivity index (χ0n) is 40.2. The number of hydrogen-bond acceptors (Lipinski definition) is 16. The molecule has 3 amide bonds. The topological polar surface area (TPSA) is 264 Å². The summed E-state index contributed by atoms with van der Waals surface area (Å²) < 4.78 is 59.6. The van der Waals surface area contributed by atoms with Crippen molar-refractivity contribution in [2.75, 3.05) is 55.4 Å². The number of aliphatic hydroxyl groups excluding tert-OH is 6. The number of thiazole rings is 2. The van der Waals surface area contributed by atoms with E-state index < -0.39 is 55.0 Å². The van der Waals surface area contributed by atoms with Gasteiger partial charge < -0.3 is 40.9 Å². The number of aliphatic hydroxyl groups is 6. The van der Waals surface area contributed by atoms with E-state index in [0.717, 1.165) is 11.3 Å². The molecule has 406 valence electrons. The molecule has 27 heteroatoms. The van der Waals surface area contributed by atoms with E-state index in [-0.39, 0.29) is 72.6 Å². The molecule has 4 atom stereocenters. The van der Waals surface area contributed by atoms with Gasteiger partial charge in [-0.15, -0.1) is 35.6 Å². The molecule has 2 aliphatic heterocycles. The molecule has 0 spiro atoms. The van der Waals surface area contributed by atoms with Crippen LogP contribution in [0.15, 0.2) is 79.6 Å². The van der Waals surface area contributed by atoms with Crippen molar-refractivity contribution in [1.29, 1.82) is 0 Å². The first-order valence-corrected chi connectivity index (χ1v) is 25.6. The number of nitrogens with zero attached hydrogens (tertiary/aromatic N) is 7. The largest absolute Gasteiger partial charge is 0.394 e. The summed E-state index contributed by atoms with van der Waals surface area (Å²) in [6, 6.07) is 10.9. The van der Waals surface area contributed by atoms with Crippen molar-refractivity contribution in [3.05, 3.63) is 125 Å². The molecule has 2 saturated heterocycles. The molecule has 2 aromatic carbocycles. The summed E-state index contributed by atoms with van der Waals surface area (Å²) in [5, 5.41) is 66.1. The Kier molecular flexibility index (Phi) is 22.4. The number of nitrogens with one attached hydrogen (secondary N) is 3. The predicted molar refractivity (Wildman–Crippen MR) is 281 cm³/mol. The molecule has 0 bridgehead atoms. The minimum atomic E-state index is -1.74. The Morgan fingerprint density at radius 1 is 0.733 bits per heavy atom. The van der Waals surface area contributed by atoms with Crippen molar-refractivity contribution in [3.8, 4) is 0 Å². The van der Waals surface area contributed by atoms with Crippen LogP contribution in [-0.2, 0) is 11.3 Å². The third-order valence-corrected chi connectivity index (χ3v) is 13.8. The maximum Gasteiger partial charge on any atom is 0.333 e. The van der Waals surface area contributed by atoms with E-state index in [1.807, 2.05) is 0 Å². The van der Waals surface area contributed by atoms with Gasteiger partial charge in [-0.1, -0.05) is 22.7 Å². The Morgan fingerprint density at radius 3 is 1.59 bits per heavy atom. The van der Waals surface area contributed by atoms with E-state index in [4.69, 9.17) is 33.4 Å². The van der Waals surface area contributed by atoms with Crippen LogP contribution in [0.1, 0.15) is 71.5 Å². The molecule has 18 nitrogen and oxygen atoms in total. The Labute approximate surface area is 451 Å². The molecular weight excluding hydrogens is 1090 g/mol. The van der Waals surface area contributed by atoms with Crippen molar-refractivity contribution in [2.24, 2.45) is 0 Å². The number of likely N-dealkylation sites (tertiary alicyclic amines) is 1.